The summed E-state index contributed by atoms with van der Waals surface area (Å²) in [6, 6.07) is 0. The van der Waals surface area contributed by atoms with Crippen LogP contribution in [-0.4, -0.2) is 69.0 Å². The molecule has 5 N–H and O–H groups in total. The number of carbonyl (C=O) groups excluding carboxylic acids is 1. The molecule has 0 bridgehead atoms. The van der Waals surface area contributed by atoms with Gasteiger partial charge in [0.2, 0.25) is 11.9 Å². The Kier molecular flexibility index (Phi) is 4.78. The van der Waals surface area contributed by atoms with Crippen molar-refractivity contribution < 1.29 is 39.9 Å². The molecule has 0 aliphatic rings. The lowest BCUT2D eigenvalue weighted by molar-refractivity contribution is -0.297. The Hall–Kier alpha value is -1.06. The number of aliphatic hydroxyl groups is 4. The molecule has 0 aromatic heterocycles. The maximum Gasteiger partial charge on any atom is 0.338 e. The zero-order valence-electron chi connectivity index (χ0n) is 7.77. The molecule has 4 unspecified atom stereocenters. The van der Waals surface area contributed by atoms with Gasteiger partial charge in [-0.25, -0.2) is 4.79 Å². The third-order valence-corrected chi connectivity index (χ3v) is 1.84. The molecular weight excluding hydrogens is 212 g/mol. The van der Waals surface area contributed by atoms with Gasteiger partial charge in [0.1, 0.15) is 12.2 Å². The normalized spacial score (nSPS) is 21.1. The Morgan fingerprint density at radius 2 is 1.87 bits per heavy atom. The molecule has 0 aromatic rings. The van der Waals surface area contributed by atoms with E-state index >= 15 is 0 Å². The first kappa shape index (κ1) is 13.9. The molecule has 0 rings (SSSR count). The third-order valence-electron chi connectivity index (χ3n) is 1.84. The summed E-state index contributed by atoms with van der Waals surface area (Å²) < 4.78 is 4.20. The minimum absolute atomic E-state index is 0.136. The highest BCUT2D eigenvalue weighted by Crippen LogP contribution is 2.19. The second-order valence-corrected chi connectivity index (χ2v) is 2.77. The van der Waals surface area contributed by atoms with Gasteiger partial charge in [-0.15, -0.1) is 0 Å². The number of hydrogen-bond donors (Lipinski definition) is 5. The summed E-state index contributed by atoms with van der Waals surface area (Å²) in [5.74, 6) is -4.84. The summed E-state index contributed by atoms with van der Waals surface area (Å²) >= 11 is 0. The van der Waals surface area contributed by atoms with E-state index in [0.717, 1.165) is 7.11 Å². The number of aldehydes is 1. The monoisotopic (exact) mass is 224 g/mol. The minimum Gasteiger partial charge on any atom is -0.479 e. The lowest BCUT2D eigenvalue weighted by atomic mass is 9.99. The van der Waals surface area contributed by atoms with E-state index in [9.17, 15) is 19.8 Å². The van der Waals surface area contributed by atoms with Crippen LogP contribution in [-0.2, 0) is 14.3 Å². The van der Waals surface area contributed by atoms with Gasteiger partial charge in [0.25, 0.3) is 0 Å². The number of carboxylic acids is 1. The second-order valence-electron chi connectivity index (χ2n) is 2.77. The van der Waals surface area contributed by atoms with Gasteiger partial charge in [0, 0.05) is 7.11 Å². The number of carboxylic acid groups (broad SMARTS) is 1. The number of ether oxygens (including phenoxy) is 1. The van der Waals surface area contributed by atoms with Gasteiger partial charge >= 0.3 is 5.97 Å². The number of hydrogen-bond acceptors (Lipinski definition) is 7. The van der Waals surface area contributed by atoms with Gasteiger partial charge in [0.15, 0.2) is 6.29 Å². The van der Waals surface area contributed by atoms with E-state index in [0.29, 0.717) is 0 Å². The van der Waals surface area contributed by atoms with Crippen molar-refractivity contribution in [2.75, 3.05) is 7.11 Å². The van der Waals surface area contributed by atoms with Crippen molar-refractivity contribution in [3.63, 3.8) is 0 Å². The number of carbonyl (C=O) groups is 2. The van der Waals surface area contributed by atoms with Crippen LogP contribution in [0.25, 0.3) is 0 Å². The lowest BCUT2D eigenvalue weighted by Crippen LogP contribution is -2.60. The van der Waals surface area contributed by atoms with Crippen molar-refractivity contribution in [1.82, 2.24) is 0 Å². The molecule has 0 radical (unpaired) electrons. The standard InChI is InChI=1S/C7H12O8/c1-15-7(14,5(11)6(12)13)4(10)3(9)2-8/h2-5,9-11,14H,1H3,(H,12,13). The first-order chi connectivity index (χ1) is 6.81. The van der Waals surface area contributed by atoms with Crippen LogP contribution in [0, 0.1) is 0 Å². The maximum atomic E-state index is 10.3. The summed E-state index contributed by atoms with van der Waals surface area (Å²) in [6.45, 7) is 0. The molecule has 0 aliphatic heterocycles. The van der Waals surface area contributed by atoms with Crippen LogP contribution >= 0.6 is 0 Å². The predicted octanol–water partition coefficient (Wildman–Crippen LogP) is -3.31. The largest absolute Gasteiger partial charge is 0.479 e. The van der Waals surface area contributed by atoms with Gasteiger partial charge in [-0.05, 0) is 0 Å². The fourth-order valence-corrected chi connectivity index (χ4v) is 0.890. The first-order valence-corrected chi connectivity index (χ1v) is 3.81. The fourth-order valence-electron chi connectivity index (χ4n) is 0.890. The van der Waals surface area contributed by atoms with Crippen molar-refractivity contribution in [3.8, 4) is 0 Å². The third kappa shape index (κ3) is 2.70. The van der Waals surface area contributed by atoms with E-state index in [4.69, 9.17) is 15.3 Å². The second kappa shape index (κ2) is 5.14. The molecule has 8 nitrogen and oxygen atoms in total. The molecule has 15 heavy (non-hydrogen) atoms. The van der Waals surface area contributed by atoms with Crippen molar-refractivity contribution in [2.45, 2.75) is 24.1 Å². The molecule has 0 fully saturated rings. The fraction of sp³-hybridized carbons (Fsp3) is 0.714. The van der Waals surface area contributed by atoms with Crippen LogP contribution in [0.5, 0.6) is 0 Å². The molecule has 8 heteroatoms. The summed E-state index contributed by atoms with van der Waals surface area (Å²) in [6.07, 6.45) is -7.01. The lowest BCUT2D eigenvalue weighted by Gasteiger charge is -2.34. The summed E-state index contributed by atoms with van der Waals surface area (Å²) in [5, 5.41) is 44.8. The minimum atomic E-state index is -2.97. The van der Waals surface area contributed by atoms with E-state index in [1.165, 1.54) is 0 Å². The van der Waals surface area contributed by atoms with Gasteiger partial charge in [-0.3, -0.25) is 0 Å². The average Bonchev–Trinajstić information content (AvgIpc) is 2.24. The van der Waals surface area contributed by atoms with Crippen LogP contribution in [0.1, 0.15) is 0 Å². The van der Waals surface area contributed by atoms with Crippen molar-refractivity contribution in [3.05, 3.63) is 0 Å². The molecule has 0 saturated heterocycles. The highest BCUT2D eigenvalue weighted by atomic mass is 16.6. The van der Waals surface area contributed by atoms with E-state index < -0.39 is 30.1 Å². The highest BCUT2D eigenvalue weighted by Gasteiger charge is 2.50. The SMILES string of the molecule is COC(O)(C(O)C(=O)O)C(O)C(O)C=O. The summed E-state index contributed by atoms with van der Waals surface area (Å²) in [4.78, 5) is 20.4. The number of aliphatic carboxylic acids is 1. The van der Waals surface area contributed by atoms with Crippen LogP contribution in [0.3, 0.4) is 0 Å². The van der Waals surface area contributed by atoms with Gasteiger partial charge in [0.05, 0.1) is 0 Å². The average molecular weight is 224 g/mol. The molecule has 0 aromatic carbocycles. The zero-order chi connectivity index (χ0) is 12.2. The van der Waals surface area contributed by atoms with Gasteiger partial charge in [-0.2, -0.15) is 0 Å². The Morgan fingerprint density at radius 3 is 2.13 bits per heavy atom. The topological polar surface area (TPSA) is 145 Å². The molecule has 88 valence electrons. The van der Waals surface area contributed by atoms with Gasteiger partial charge in [-0.1, -0.05) is 0 Å². The van der Waals surface area contributed by atoms with Crippen molar-refractivity contribution in [1.29, 1.82) is 0 Å². The van der Waals surface area contributed by atoms with E-state index in [-0.39, 0.29) is 6.29 Å². The Bertz CT molecular complexity index is 241. The van der Waals surface area contributed by atoms with E-state index in [1.54, 1.807) is 0 Å². The molecule has 0 heterocycles. The van der Waals surface area contributed by atoms with Crippen LogP contribution in [0.15, 0.2) is 0 Å². The molecule has 0 saturated carbocycles. The quantitative estimate of drug-likeness (QED) is 0.233. The van der Waals surface area contributed by atoms with Crippen LogP contribution in [0.2, 0.25) is 0 Å². The highest BCUT2D eigenvalue weighted by molar-refractivity contribution is 5.73. The maximum absolute atomic E-state index is 10.3. The number of rotatable bonds is 6. The zero-order valence-corrected chi connectivity index (χ0v) is 7.77. The van der Waals surface area contributed by atoms with Gasteiger partial charge < -0.3 is 35.1 Å². The molecule has 0 amide bonds. The molecule has 0 aliphatic carbocycles. The molecule has 4 atom stereocenters. The van der Waals surface area contributed by atoms with E-state index in [1.807, 2.05) is 0 Å². The number of methoxy groups -OCH3 is 1. The Balaban J connectivity index is 4.98. The predicted molar refractivity (Wildman–Crippen MR) is 43.7 cm³/mol. The summed E-state index contributed by atoms with van der Waals surface area (Å²) in [5.41, 5.74) is 0. The van der Waals surface area contributed by atoms with Crippen molar-refractivity contribution >= 4 is 12.3 Å². The number of aliphatic hydroxyl groups excluding tert-OH is 3. The molecular formula is C7H12O8. The summed E-state index contributed by atoms with van der Waals surface area (Å²) in [7, 11) is 0.799. The molecule has 0 spiro atoms. The Morgan fingerprint density at radius 1 is 1.40 bits per heavy atom. The van der Waals surface area contributed by atoms with Crippen molar-refractivity contribution in [2.24, 2.45) is 0 Å². The smallest absolute Gasteiger partial charge is 0.338 e. The van der Waals surface area contributed by atoms with Crippen LogP contribution < -0.4 is 0 Å². The van der Waals surface area contributed by atoms with Crippen LogP contribution in [0.4, 0.5) is 0 Å². The first-order valence-electron chi connectivity index (χ1n) is 3.81. The van der Waals surface area contributed by atoms with E-state index in [2.05, 4.69) is 4.74 Å². The Labute approximate surface area is 84.3 Å².